The van der Waals surface area contributed by atoms with Crippen LogP contribution in [-0.4, -0.2) is 36.9 Å². The zero-order chi connectivity index (χ0) is 10.6. The summed E-state index contributed by atoms with van der Waals surface area (Å²) in [5, 5.41) is 0. The van der Waals surface area contributed by atoms with Crippen molar-refractivity contribution >= 4 is 11.9 Å². The van der Waals surface area contributed by atoms with Gasteiger partial charge in [-0.05, 0) is 6.92 Å². The topological polar surface area (TPSA) is 61.8 Å². The third-order valence-electron chi connectivity index (χ3n) is 3.02. The van der Waals surface area contributed by atoms with Crippen LogP contribution in [0.25, 0.3) is 0 Å². The van der Waals surface area contributed by atoms with Crippen LogP contribution in [0, 0.1) is 0 Å². The van der Waals surface area contributed by atoms with Gasteiger partial charge in [0.2, 0.25) is 0 Å². The summed E-state index contributed by atoms with van der Waals surface area (Å²) in [4.78, 5) is 22.5. The second-order valence-corrected chi connectivity index (χ2v) is 3.95. The molecule has 0 unspecified atom stereocenters. The molecule has 80 valence electrons. The average molecular weight is 210 g/mol. The molecule has 3 rings (SSSR count). The lowest BCUT2D eigenvalue weighted by Gasteiger charge is -2.28. The monoisotopic (exact) mass is 210 g/mol. The lowest BCUT2D eigenvalue weighted by atomic mass is 9.94. The highest BCUT2D eigenvalue weighted by Crippen LogP contribution is 2.37. The number of cyclic esters (lactones) is 1. The summed E-state index contributed by atoms with van der Waals surface area (Å²) >= 11 is 0. The lowest BCUT2D eigenvalue weighted by Crippen LogP contribution is -2.37. The molecule has 0 N–H and O–H groups in total. The second-order valence-electron chi connectivity index (χ2n) is 3.95. The number of esters is 2. The molecule has 3 heterocycles. The highest BCUT2D eigenvalue weighted by atomic mass is 16.6. The highest BCUT2D eigenvalue weighted by molar-refractivity contribution is 5.93. The molecule has 0 spiro atoms. The molecular formula is C10H10O5. The SMILES string of the molecule is C[C@H]1O[C@H]2CC(=O)O[C@H]2C2=C1C(=O)OC2. The van der Waals surface area contributed by atoms with Gasteiger partial charge in [0.25, 0.3) is 0 Å². The third kappa shape index (κ3) is 1.13. The van der Waals surface area contributed by atoms with Gasteiger partial charge in [-0.2, -0.15) is 0 Å². The fraction of sp³-hybridized carbons (Fsp3) is 0.600. The maximum absolute atomic E-state index is 11.4. The summed E-state index contributed by atoms with van der Waals surface area (Å²) in [5.41, 5.74) is 1.32. The van der Waals surface area contributed by atoms with Gasteiger partial charge in [-0.15, -0.1) is 0 Å². The van der Waals surface area contributed by atoms with E-state index in [2.05, 4.69) is 0 Å². The predicted octanol–water partition coefficient (Wildman–Crippen LogP) is -0.0574. The molecule has 15 heavy (non-hydrogen) atoms. The van der Waals surface area contributed by atoms with Gasteiger partial charge in [-0.25, -0.2) is 4.79 Å². The van der Waals surface area contributed by atoms with Gasteiger partial charge in [0, 0.05) is 5.57 Å². The Morgan fingerprint density at radius 3 is 2.93 bits per heavy atom. The van der Waals surface area contributed by atoms with Crippen molar-refractivity contribution in [3.63, 3.8) is 0 Å². The number of carbonyl (C=O) groups excluding carboxylic acids is 2. The Hall–Kier alpha value is -1.36. The third-order valence-corrected chi connectivity index (χ3v) is 3.02. The lowest BCUT2D eigenvalue weighted by molar-refractivity contribution is -0.141. The number of ether oxygens (including phenoxy) is 3. The van der Waals surface area contributed by atoms with Crippen molar-refractivity contribution in [2.45, 2.75) is 31.7 Å². The first-order valence-electron chi connectivity index (χ1n) is 4.92. The van der Waals surface area contributed by atoms with Crippen molar-refractivity contribution in [3.05, 3.63) is 11.1 Å². The minimum Gasteiger partial charge on any atom is -0.458 e. The number of carbonyl (C=O) groups is 2. The fourth-order valence-corrected chi connectivity index (χ4v) is 2.37. The van der Waals surface area contributed by atoms with Crippen molar-refractivity contribution in [1.82, 2.24) is 0 Å². The minimum absolute atomic E-state index is 0.232. The Kier molecular flexibility index (Phi) is 1.68. The molecule has 3 atom stereocenters. The minimum atomic E-state index is -0.407. The fourth-order valence-electron chi connectivity index (χ4n) is 2.37. The van der Waals surface area contributed by atoms with E-state index in [4.69, 9.17) is 14.2 Å². The average Bonchev–Trinajstić information content (AvgIpc) is 2.69. The van der Waals surface area contributed by atoms with Gasteiger partial charge in [0.15, 0.2) is 6.10 Å². The van der Waals surface area contributed by atoms with Gasteiger partial charge in [0.1, 0.15) is 12.7 Å². The molecule has 3 aliphatic heterocycles. The molecule has 1 fully saturated rings. The van der Waals surface area contributed by atoms with Crippen LogP contribution >= 0.6 is 0 Å². The highest BCUT2D eigenvalue weighted by Gasteiger charge is 2.48. The van der Waals surface area contributed by atoms with Crippen molar-refractivity contribution in [2.24, 2.45) is 0 Å². The van der Waals surface area contributed by atoms with E-state index in [1.54, 1.807) is 6.92 Å². The molecule has 0 amide bonds. The number of rotatable bonds is 0. The predicted molar refractivity (Wildman–Crippen MR) is 46.8 cm³/mol. The second kappa shape index (κ2) is 2.82. The molecular weight excluding hydrogens is 200 g/mol. The van der Waals surface area contributed by atoms with E-state index < -0.39 is 6.10 Å². The Labute approximate surface area is 86.0 Å². The van der Waals surface area contributed by atoms with Gasteiger partial charge in [0.05, 0.1) is 18.1 Å². The maximum Gasteiger partial charge on any atom is 0.337 e. The Morgan fingerprint density at radius 2 is 2.13 bits per heavy atom. The van der Waals surface area contributed by atoms with Crippen LogP contribution in [0.1, 0.15) is 13.3 Å². The molecule has 5 nitrogen and oxygen atoms in total. The van der Waals surface area contributed by atoms with E-state index in [1.807, 2.05) is 0 Å². The van der Waals surface area contributed by atoms with Crippen molar-refractivity contribution in [2.75, 3.05) is 6.61 Å². The van der Waals surface area contributed by atoms with Crippen LogP contribution in [0.3, 0.4) is 0 Å². The van der Waals surface area contributed by atoms with Crippen molar-refractivity contribution in [1.29, 1.82) is 0 Å². The van der Waals surface area contributed by atoms with Gasteiger partial charge >= 0.3 is 11.9 Å². The van der Waals surface area contributed by atoms with Gasteiger partial charge < -0.3 is 14.2 Å². The van der Waals surface area contributed by atoms with Crippen LogP contribution in [0.2, 0.25) is 0 Å². The summed E-state index contributed by atoms with van der Waals surface area (Å²) in [6, 6.07) is 0. The Morgan fingerprint density at radius 1 is 1.33 bits per heavy atom. The van der Waals surface area contributed by atoms with Crippen molar-refractivity contribution in [3.8, 4) is 0 Å². The van der Waals surface area contributed by atoms with Crippen LogP contribution in [0.4, 0.5) is 0 Å². The molecule has 0 bridgehead atoms. The van der Waals surface area contributed by atoms with E-state index in [-0.39, 0.29) is 37.2 Å². The molecule has 1 saturated heterocycles. The first-order chi connectivity index (χ1) is 7.16. The molecule has 0 aromatic carbocycles. The molecule has 0 aromatic heterocycles. The van der Waals surface area contributed by atoms with Crippen LogP contribution < -0.4 is 0 Å². The number of hydrogen-bond acceptors (Lipinski definition) is 5. The summed E-state index contributed by atoms with van der Waals surface area (Å²) in [6.45, 7) is 2.03. The first-order valence-corrected chi connectivity index (χ1v) is 4.92. The molecule has 0 aromatic rings. The zero-order valence-corrected chi connectivity index (χ0v) is 8.19. The quantitative estimate of drug-likeness (QED) is 0.524. The van der Waals surface area contributed by atoms with E-state index in [0.29, 0.717) is 5.57 Å². The van der Waals surface area contributed by atoms with Crippen LogP contribution in [-0.2, 0) is 23.8 Å². The normalized spacial score (nSPS) is 38.6. The molecule has 0 saturated carbocycles. The van der Waals surface area contributed by atoms with Gasteiger partial charge in [-0.1, -0.05) is 0 Å². The maximum atomic E-state index is 11.4. The van der Waals surface area contributed by atoms with Crippen LogP contribution in [0.5, 0.6) is 0 Å². The van der Waals surface area contributed by atoms with E-state index >= 15 is 0 Å². The van der Waals surface area contributed by atoms with E-state index in [1.165, 1.54) is 0 Å². The van der Waals surface area contributed by atoms with Gasteiger partial charge in [-0.3, -0.25) is 4.79 Å². The molecule has 3 aliphatic rings. The number of fused-ring (bicyclic) bond motifs is 2. The number of hydrogen-bond donors (Lipinski definition) is 0. The summed E-state index contributed by atoms with van der Waals surface area (Å²) in [5.74, 6) is -0.621. The zero-order valence-electron chi connectivity index (χ0n) is 8.19. The Bertz CT molecular complexity index is 383. The largest absolute Gasteiger partial charge is 0.458 e. The van der Waals surface area contributed by atoms with Crippen molar-refractivity contribution < 1.29 is 23.8 Å². The molecule has 5 heteroatoms. The first kappa shape index (κ1) is 8.91. The standard InChI is InChI=1S/C10H10O5/c1-4-8-5(3-13-10(8)12)9-6(14-4)2-7(11)15-9/h4,6,9H,2-3H2,1H3/t4-,6+,9+/m1/s1. The van der Waals surface area contributed by atoms with E-state index in [9.17, 15) is 9.59 Å². The summed E-state index contributed by atoms with van der Waals surface area (Å²) in [7, 11) is 0. The molecule has 0 aliphatic carbocycles. The Balaban J connectivity index is 2.03. The van der Waals surface area contributed by atoms with Crippen LogP contribution in [0.15, 0.2) is 11.1 Å². The summed E-state index contributed by atoms with van der Waals surface area (Å²) in [6.07, 6.45) is -0.693. The summed E-state index contributed by atoms with van der Waals surface area (Å²) < 4.78 is 15.6. The van der Waals surface area contributed by atoms with E-state index in [0.717, 1.165) is 5.57 Å². The smallest absolute Gasteiger partial charge is 0.337 e. The molecule has 0 radical (unpaired) electrons.